The van der Waals surface area contributed by atoms with Crippen LogP contribution in [0, 0.1) is 6.92 Å². The molecule has 94 valence electrons. The van der Waals surface area contributed by atoms with Crippen molar-refractivity contribution in [3.63, 3.8) is 0 Å². The second-order valence-electron chi connectivity index (χ2n) is 4.00. The van der Waals surface area contributed by atoms with Crippen LogP contribution in [-0.4, -0.2) is 22.7 Å². The number of carbonyl (C=O) groups is 1. The van der Waals surface area contributed by atoms with E-state index >= 15 is 0 Å². The minimum Gasteiger partial charge on any atom is -0.508 e. The summed E-state index contributed by atoms with van der Waals surface area (Å²) in [6.45, 7) is 2.25. The number of phenolic OH excluding ortho intramolecular Hbond substituents is 1. The number of aryl methyl sites for hydroxylation is 1. The van der Waals surface area contributed by atoms with Gasteiger partial charge in [-0.2, -0.15) is 0 Å². The van der Waals surface area contributed by atoms with Crippen LogP contribution >= 0.6 is 0 Å². The molecular formula is C13H14N2O3. The van der Waals surface area contributed by atoms with Gasteiger partial charge in [0.15, 0.2) is 5.69 Å². The molecule has 1 aromatic heterocycles. The number of aromatic nitrogens is 1. The molecule has 0 aliphatic heterocycles. The molecule has 1 amide bonds. The molecule has 0 radical (unpaired) electrons. The van der Waals surface area contributed by atoms with Gasteiger partial charge in [-0.25, -0.2) is 0 Å². The van der Waals surface area contributed by atoms with Gasteiger partial charge in [-0.15, -0.1) is 0 Å². The summed E-state index contributed by atoms with van der Waals surface area (Å²) in [5, 5.41) is 15.5. The molecule has 5 heteroatoms. The van der Waals surface area contributed by atoms with Gasteiger partial charge in [0.05, 0.1) is 0 Å². The Bertz CT molecular complexity index is 531. The molecule has 5 nitrogen and oxygen atoms in total. The molecule has 0 saturated carbocycles. The number of hydrogen-bond donors (Lipinski definition) is 2. The zero-order valence-corrected chi connectivity index (χ0v) is 10.0. The van der Waals surface area contributed by atoms with E-state index in [0.717, 1.165) is 5.56 Å². The maximum Gasteiger partial charge on any atom is 0.273 e. The predicted molar refractivity (Wildman–Crippen MR) is 65.4 cm³/mol. The molecule has 1 heterocycles. The van der Waals surface area contributed by atoms with Gasteiger partial charge in [0.25, 0.3) is 5.91 Å². The standard InChI is InChI=1S/C13H14N2O3/c1-9-8-12(15-18-9)13(17)14-7-6-10-2-4-11(16)5-3-10/h2-5,8,16H,6-7H2,1H3,(H,14,17). The molecule has 0 fully saturated rings. The Morgan fingerprint density at radius 3 is 2.72 bits per heavy atom. The highest BCUT2D eigenvalue weighted by Gasteiger charge is 2.09. The zero-order valence-electron chi connectivity index (χ0n) is 10.0. The van der Waals surface area contributed by atoms with Crippen molar-refractivity contribution >= 4 is 5.91 Å². The molecule has 2 rings (SSSR count). The minimum atomic E-state index is -0.245. The molecule has 0 bridgehead atoms. The van der Waals surface area contributed by atoms with Gasteiger partial charge in [0, 0.05) is 12.6 Å². The van der Waals surface area contributed by atoms with Crippen LogP contribution in [0.4, 0.5) is 0 Å². The lowest BCUT2D eigenvalue weighted by Gasteiger charge is -2.03. The van der Waals surface area contributed by atoms with E-state index in [1.54, 1.807) is 25.1 Å². The van der Waals surface area contributed by atoms with E-state index in [0.29, 0.717) is 24.4 Å². The number of nitrogens with zero attached hydrogens (tertiary/aromatic N) is 1. The Morgan fingerprint density at radius 2 is 2.11 bits per heavy atom. The van der Waals surface area contributed by atoms with Gasteiger partial charge in [-0.05, 0) is 31.0 Å². The third-order valence-electron chi connectivity index (χ3n) is 2.50. The Morgan fingerprint density at radius 1 is 1.39 bits per heavy atom. The number of carbonyl (C=O) groups excluding carboxylic acids is 1. The molecule has 0 spiro atoms. The van der Waals surface area contributed by atoms with E-state index in [-0.39, 0.29) is 11.7 Å². The molecule has 0 aliphatic carbocycles. The lowest BCUT2D eigenvalue weighted by molar-refractivity contribution is 0.0945. The van der Waals surface area contributed by atoms with Gasteiger partial charge in [-0.1, -0.05) is 17.3 Å². The van der Waals surface area contributed by atoms with Crippen molar-refractivity contribution in [1.29, 1.82) is 0 Å². The summed E-state index contributed by atoms with van der Waals surface area (Å²) >= 11 is 0. The van der Waals surface area contributed by atoms with Crippen molar-refractivity contribution in [2.75, 3.05) is 6.54 Å². The minimum absolute atomic E-state index is 0.237. The third-order valence-corrected chi connectivity index (χ3v) is 2.50. The average Bonchev–Trinajstić information content (AvgIpc) is 2.78. The van der Waals surface area contributed by atoms with Crippen LogP contribution in [0.5, 0.6) is 5.75 Å². The first-order chi connectivity index (χ1) is 8.65. The number of nitrogens with one attached hydrogen (secondary N) is 1. The molecular weight excluding hydrogens is 232 g/mol. The fraction of sp³-hybridized carbons (Fsp3) is 0.231. The topological polar surface area (TPSA) is 75.4 Å². The average molecular weight is 246 g/mol. The Hall–Kier alpha value is -2.30. The highest BCUT2D eigenvalue weighted by atomic mass is 16.5. The van der Waals surface area contributed by atoms with E-state index < -0.39 is 0 Å². The van der Waals surface area contributed by atoms with Crippen LogP contribution in [0.3, 0.4) is 0 Å². The fourth-order valence-electron chi connectivity index (χ4n) is 1.55. The van der Waals surface area contributed by atoms with Gasteiger partial charge in [0.1, 0.15) is 11.5 Å². The second-order valence-corrected chi connectivity index (χ2v) is 4.00. The molecule has 2 N–H and O–H groups in total. The van der Waals surface area contributed by atoms with Gasteiger partial charge in [0.2, 0.25) is 0 Å². The van der Waals surface area contributed by atoms with Crippen LogP contribution in [0.15, 0.2) is 34.9 Å². The summed E-state index contributed by atoms with van der Waals surface area (Å²) in [5.41, 5.74) is 1.34. The Balaban J connectivity index is 1.82. The molecule has 0 aliphatic rings. The van der Waals surface area contributed by atoms with Gasteiger partial charge in [-0.3, -0.25) is 4.79 Å². The fourth-order valence-corrected chi connectivity index (χ4v) is 1.55. The first kappa shape index (κ1) is 12.2. The Kier molecular flexibility index (Phi) is 3.62. The van der Waals surface area contributed by atoms with Crippen LogP contribution in [0.25, 0.3) is 0 Å². The van der Waals surface area contributed by atoms with E-state index in [1.807, 2.05) is 12.1 Å². The third kappa shape index (κ3) is 3.10. The number of amides is 1. The molecule has 18 heavy (non-hydrogen) atoms. The van der Waals surface area contributed by atoms with E-state index in [1.165, 1.54) is 0 Å². The van der Waals surface area contributed by atoms with Crippen molar-refractivity contribution in [2.24, 2.45) is 0 Å². The van der Waals surface area contributed by atoms with Crippen LogP contribution in [0.1, 0.15) is 21.8 Å². The highest BCUT2D eigenvalue weighted by molar-refractivity contribution is 5.92. The number of benzene rings is 1. The number of phenols is 1. The van der Waals surface area contributed by atoms with Crippen LogP contribution in [0.2, 0.25) is 0 Å². The van der Waals surface area contributed by atoms with Crippen LogP contribution in [-0.2, 0) is 6.42 Å². The van der Waals surface area contributed by atoms with Crippen molar-refractivity contribution < 1.29 is 14.4 Å². The first-order valence-electron chi connectivity index (χ1n) is 5.64. The van der Waals surface area contributed by atoms with Crippen molar-refractivity contribution in [3.8, 4) is 5.75 Å². The zero-order chi connectivity index (χ0) is 13.0. The maximum atomic E-state index is 11.6. The maximum absolute atomic E-state index is 11.6. The van der Waals surface area contributed by atoms with E-state index in [2.05, 4.69) is 10.5 Å². The summed E-state index contributed by atoms with van der Waals surface area (Å²) in [7, 11) is 0. The smallest absolute Gasteiger partial charge is 0.273 e. The van der Waals surface area contributed by atoms with Crippen molar-refractivity contribution in [1.82, 2.24) is 10.5 Å². The summed E-state index contributed by atoms with van der Waals surface area (Å²) in [4.78, 5) is 11.6. The summed E-state index contributed by atoms with van der Waals surface area (Å²) < 4.78 is 4.82. The largest absolute Gasteiger partial charge is 0.508 e. The molecule has 0 atom stereocenters. The number of hydrogen-bond acceptors (Lipinski definition) is 4. The molecule has 0 unspecified atom stereocenters. The summed E-state index contributed by atoms with van der Waals surface area (Å²) in [5.74, 6) is 0.602. The lowest BCUT2D eigenvalue weighted by Crippen LogP contribution is -2.25. The predicted octanol–water partition coefficient (Wildman–Crippen LogP) is 1.66. The van der Waals surface area contributed by atoms with Crippen molar-refractivity contribution in [2.45, 2.75) is 13.3 Å². The number of aromatic hydroxyl groups is 1. The van der Waals surface area contributed by atoms with Crippen molar-refractivity contribution in [3.05, 3.63) is 47.3 Å². The second kappa shape index (κ2) is 5.35. The van der Waals surface area contributed by atoms with Gasteiger partial charge < -0.3 is 14.9 Å². The normalized spacial score (nSPS) is 10.3. The van der Waals surface area contributed by atoms with E-state index in [9.17, 15) is 4.79 Å². The molecule has 1 aromatic carbocycles. The first-order valence-corrected chi connectivity index (χ1v) is 5.64. The lowest BCUT2D eigenvalue weighted by atomic mass is 10.1. The molecule has 2 aromatic rings. The highest BCUT2D eigenvalue weighted by Crippen LogP contribution is 2.09. The summed E-state index contributed by atoms with van der Waals surface area (Å²) in [6, 6.07) is 8.48. The summed E-state index contributed by atoms with van der Waals surface area (Å²) in [6.07, 6.45) is 0.697. The monoisotopic (exact) mass is 246 g/mol. The van der Waals surface area contributed by atoms with E-state index in [4.69, 9.17) is 9.63 Å². The SMILES string of the molecule is Cc1cc(C(=O)NCCc2ccc(O)cc2)no1. The van der Waals surface area contributed by atoms with Crippen LogP contribution < -0.4 is 5.32 Å². The molecule has 0 saturated heterocycles. The van der Waals surface area contributed by atoms with Gasteiger partial charge >= 0.3 is 0 Å². The Labute approximate surface area is 104 Å². The quantitative estimate of drug-likeness (QED) is 0.860. The number of rotatable bonds is 4.